The molecule has 1 N–H and O–H groups in total. The maximum atomic E-state index is 13.8. The number of halogens is 1. The molecule has 0 aromatic heterocycles. The second-order valence-corrected chi connectivity index (χ2v) is 4.21. The second kappa shape index (κ2) is 5.47. The van der Waals surface area contributed by atoms with E-state index in [1.54, 1.807) is 6.07 Å². The summed E-state index contributed by atoms with van der Waals surface area (Å²) < 4.78 is 24.4. The molecule has 0 amide bonds. The zero-order valence-electron chi connectivity index (χ0n) is 10.2. The molecule has 0 saturated carbocycles. The van der Waals surface area contributed by atoms with Crippen LogP contribution in [0.25, 0.3) is 0 Å². The SMILES string of the molecule is CCNC(C)c1cccc(F)c1OC1COC1. The summed E-state index contributed by atoms with van der Waals surface area (Å²) in [4.78, 5) is 0. The van der Waals surface area contributed by atoms with Crippen molar-refractivity contribution in [3.8, 4) is 5.75 Å². The molecule has 17 heavy (non-hydrogen) atoms. The molecule has 1 aromatic carbocycles. The number of ether oxygens (including phenoxy) is 2. The van der Waals surface area contributed by atoms with Crippen LogP contribution >= 0.6 is 0 Å². The highest BCUT2D eigenvalue weighted by Crippen LogP contribution is 2.29. The highest BCUT2D eigenvalue weighted by Gasteiger charge is 2.24. The first-order valence-electron chi connectivity index (χ1n) is 5.98. The molecule has 0 bridgehead atoms. The van der Waals surface area contributed by atoms with Crippen molar-refractivity contribution in [1.82, 2.24) is 5.32 Å². The summed E-state index contributed by atoms with van der Waals surface area (Å²) in [6.45, 7) is 5.95. The van der Waals surface area contributed by atoms with Gasteiger partial charge in [-0.1, -0.05) is 19.1 Å². The molecule has 1 aliphatic heterocycles. The lowest BCUT2D eigenvalue weighted by Gasteiger charge is -2.29. The van der Waals surface area contributed by atoms with E-state index in [-0.39, 0.29) is 18.0 Å². The monoisotopic (exact) mass is 239 g/mol. The number of rotatable bonds is 5. The molecule has 0 radical (unpaired) electrons. The highest BCUT2D eigenvalue weighted by atomic mass is 19.1. The summed E-state index contributed by atoms with van der Waals surface area (Å²) >= 11 is 0. The number of benzene rings is 1. The van der Waals surface area contributed by atoms with E-state index in [9.17, 15) is 4.39 Å². The average Bonchev–Trinajstić information content (AvgIpc) is 2.25. The van der Waals surface area contributed by atoms with Gasteiger partial charge in [-0.15, -0.1) is 0 Å². The van der Waals surface area contributed by atoms with E-state index in [2.05, 4.69) is 5.32 Å². The third kappa shape index (κ3) is 2.76. The van der Waals surface area contributed by atoms with Crippen LogP contribution in [-0.2, 0) is 4.74 Å². The molecule has 1 aromatic rings. The molecule has 2 rings (SSSR count). The van der Waals surface area contributed by atoms with Crippen LogP contribution in [0.3, 0.4) is 0 Å². The Morgan fingerprint density at radius 3 is 2.88 bits per heavy atom. The topological polar surface area (TPSA) is 30.5 Å². The van der Waals surface area contributed by atoms with Crippen LogP contribution in [-0.4, -0.2) is 25.9 Å². The van der Waals surface area contributed by atoms with Gasteiger partial charge in [0.1, 0.15) is 6.10 Å². The van der Waals surface area contributed by atoms with Crippen molar-refractivity contribution < 1.29 is 13.9 Å². The van der Waals surface area contributed by atoms with Crippen molar-refractivity contribution in [3.63, 3.8) is 0 Å². The first-order valence-corrected chi connectivity index (χ1v) is 5.98. The Balaban J connectivity index is 2.20. The van der Waals surface area contributed by atoms with Gasteiger partial charge in [0.05, 0.1) is 13.2 Å². The van der Waals surface area contributed by atoms with Gasteiger partial charge in [-0.05, 0) is 19.5 Å². The van der Waals surface area contributed by atoms with Gasteiger partial charge < -0.3 is 14.8 Å². The van der Waals surface area contributed by atoms with E-state index in [1.165, 1.54) is 6.07 Å². The smallest absolute Gasteiger partial charge is 0.165 e. The van der Waals surface area contributed by atoms with E-state index in [4.69, 9.17) is 9.47 Å². The average molecular weight is 239 g/mol. The lowest BCUT2D eigenvalue weighted by atomic mass is 10.1. The van der Waals surface area contributed by atoms with Gasteiger partial charge in [0.25, 0.3) is 0 Å². The fraction of sp³-hybridized carbons (Fsp3) is 0.538. The third-order valence-electron chi connectivity index (χ3n) is 2.87. The van der Waals surface area contributed by atoms with E-state index >= 15 is 0 Å². The molecule has 1 unspecified atom stereocenters. The second-order valence-electron chi connectivity index (χ2n) is 4.21. The van der Waals surface area contributed by atoms with Crippen molar-refractivity contribution in [2.24, 2.45) is 0 Å². The van der Waals surface area contributed by atoms with Crippen LogP contribution in [0.2, 0.25) is 0 Å². The van der Waals surface area contributed by atoms with Crippen LogP contribution in [0, 0.1) is 5.82 Å². The van der Waals surface area contributed by atoms with E-state index in [0.717, 1.165) is 12.1 Å². The Morgan fingerprint density at radius 1 is 1.53 bits per heavy atom. The Labute approximate surface area is 101 Å². The normalized spacial score (nSPS) is 17.6. The summed E-state index contributed by atoms with van der Waals surface area (Å²) in [6.07, 6.45) is -0.0144. The van der Waals surface area contributed by atoms with E-state index < -0.39 is 0 Å². The fourth-order valence-electron chi connectivity index (χ4n) is 1.86. The molecule has 1 heterocycles. The van der Waals surface area contributed by atoms with Gasteiger partial charge in [-0.2, -0.15) is 0 Å². The van der Waals surface area contributed by atoms with Gasteiger partial charge in [0.15, 0.2) is 11.6 Å². The standard InChI is InChI=1S/C13H18FNO2/c1-3-15-9(2)11-5-4-6-12(14)13(11)17-10-7-16-8-10/h4-6,9-10,15H,3,7-8H2,1-2H3. The summed E-state index contributed by atoms with van der Waals surface area (Å²) in [5.74, 6) is 0.0494. The minimum absolute atomic E-state index is 0.0144. The third-order valence-corrected chi connectivity index (χ3v) is 2.87. The summed E-state index contributed by atoms with van der Waals surface area (Å²) in [5, 5.41) is 3.26. The van der Waals surface area contributed by atoms with Crippen LogP contribution in [0.5, 0.6) is 5.75 Å². The van der Waals surface area contributed by atoms with Gasteiger partial charge in [-0.3, -0.25) is 0 Å². The van der Waals surface area contributed by atoms with Crippen molar-refractivity contribution >= 4 is 0 Å². The maximum absolute atomic E-state index is 13.8. The van der Waals surface area contributed by atoms with Crippen molar-refractivity contribution in [2.45, 2.75) is 26.0 Å². The summed E-state index contributed by atoms with van der Waals surface area (Å²) in [5.41, 5.74) is 0.860. The maximum Gasteiger partial charge on any atom is 0.165 e. The summed E-state index contributed by atoms with van der Waals surface area (Å²) in [6, 6.07) is 5.11. The predicted octanol–water partition coefficient (Wildman–Crippen LogP) is 2.27. The Hall–Kier alpha value is -1.13. The number of hydrogen-bond donors (Lipinski definition) is 1. The fourth-order valence-corrected chi connectivity index (χ4v) is 1.86. The molecule has 1 fully saturated rings. The minimum atomic E-state index is -0.306. The molecule has 1 saturated heterocycles. The molecular formula is C13H18FNO2. The largest absolute Gasteiger partial charge is 0.482 e. The van der Waals surface area contributed by atoms with Crippen LogP contribution in [0.1, 0.15) is 25.5 Å². The number of para-hydroxylation sites is 1. The van der Waals surface area contributed by atoms with Crippen LogP contribution < -0.4 is 10.1 Å². The first kappa shape index (κ1) is 12.3. The number of nitrogens with one attached hydrogen (secondary N) is 1. The summed E-state index contributed by atoms with van der Waals surface area (Å²) in [7, 11) is 0. The molecule has 3 nitrogen and oxygen atoms in total. The molecule has 0 spiro atoms. The zero-order valence-corrected chi connectivity index (χ0v) is 10.2. The Morgan fingerprint density at radius 2 is 2.29 bits per heavy atom. The lowest BCUT2D eigenvalue weighted by molar-refractivity contribution is -0.0813. The molecule has 0 aliphatic carbocycles. The zero-order chi connectivity index (χ0) is 12.3. The van der Waals surface area contributed by atoms with Gasteiger partial charge in [-0.25, -0.2) is 4.39 Å². The van der Waals surface area contributed by atoms with Gasteiger partial charge in [0, 0.05) is 11.6 Å². The number of hydrogen-bond acceptors (Lipinski definition) is 3. The van der Waals surface area contributed by atoms with Crippen LogP contribution in [0.4, 0.5) is 4.39 Å². The predicted molar refractivity (Wildman–Crippen MR) is 63.7 cm³/mol. The van der Waals surface area contributed by atoms with Crippen molar-refractivity contribution in [2.75, 3.05) is 19.8 Å². The van der Waals surface area contributed by atoms with Crippen molar-refractivity contribution in [1.29, 1.82) is 0 Å². The Kier molecular flexibility index (Phi) is 3.97. The molecular weight excluding hydrogens is 221 g/mol. The van der Waals surface area contributed by atoms with Gasteiger partial charge >= 0.3 is 0 Å². The molecule has 1 aliphatic rings. The van der Waals surface area contributed by atoms with Gasteiger partial charge in [0.2, 0.25) is 0 Å². The highest BCUT2D eigenvalue weighted by molar-refractivity contribution is 5.37. The molecule has 1 atom stereocenters. The quantitative estimate of drug-likeness (QED) is 0.855. The minimum Gasteiger partial charge on any atom is -0.482 e. The van der Waals surface area contributed by atoms with E-state index in [0.29, 0.717) is 19.0 Å². The lowest BCUT2D eigenvalue weighted by Crippen LogP contribution is -2.39. The first-order chi connectivity index (χ1) is 8.22. The Bertz CT molecular complexity index is 380. The van der Waals surface area contributed by atoms with Crippen molar-refractivity contribution in [3.05, 3.63) is 29.6 Å². The van der Waals surface area contributed by atoms with E-state index in [1.807, 2.05) is 19.9 Å². The molecule has 4 heteroatoms. The molecule has 94 valence electrons. The van der Waals surface area contributed by atoms with Crippen LogP contribution in [0.15, 0.2) is 18.2 Å².